The molecular formula is C14H10Cl2N2O. The lowest BCUT2D eigenvalue weighted by atomic mass is 9.86. The number of aliphatic imine (C=N–C) groups is 1. The summed E-state index contributed by atoms with van der Waals surface area (Å²) in [6.45, 7) is 0. The van der Waals surface area contributed by atoms with Gasteiger partial charge in [-0.05, 0) is 17.7 Å². The first-order valence-electron chi connectivity index (χ1n) is 5.66. The van der Waals surface area contributed by atoms with Crippen molar-refractivity contribution >= 4 is 34.7 Å². The maximum absolute atomic E-state index is 11.0. The van der Waals surface area contributed by atoms with Crippen molar-refractivity contribution in [1.82, 2.24) is 0 Å². The number of nitrogens with two attached hydrogens (primary N) is 1. The van der Waals surface area contributed by atoms with Crippen LogP contribution in [0.2, 0.25) is 10.0 Å². The summed E-state index contributed by atoms with van der Waals surface area (Å²) in [5.41, 5.74) is 5.97. The number of nitrogens with zero attached hydrogens (tertiary/aromatic N) is 1. The van der Waals surface area contributed by atoms with Crippen molar-refractivity contribution in [2.45, 2.75) is 5.60 Å². The van der Waals surface area contributed by atoms with E-state index in [0.717, 1.165) is 0 Å². The van der Waals surface area contributed by atoms with Crippen molar-refractivity contribution < 1.29 is 5.11 Å². The molecule has 0 saturated carbocycles. The number of benzene rings is 2. The molecule has 0 spiro atoms. The molecule has 0 saturated heterocycles. The van der Waals surface area contributed by atoms with E-state index in [2.05, 4.69) is 4.99 Å². The summed E-state index contributed by atoms with van der Waals surface area (Å²) in [5, 5.41) is 11.6. The third kappa shape index (κ3) is 1.66. The monoisotopic (exact) mass is 292 g/mol. The predicted octanol–water partition coefficient (Wildman–Crippen LogP) is 3.23. The third-order valence-corrected chi connectivity index (χ3v) is 4.04. The van der Waals surface area contributed by atoms with Crippen molar-refractivity contribution in [3.63, 3.8) is 0 Å². The van der Waals surface area contributed by atoms with Gasteiger partial charge in [0.25, 0.3) is 0 Å². The highest BCUT2D eigenvalue weighted by atomic mass is 35.5. The van der Waals surface area contributed by atoms with E-state index in [1.807, 2.05) is 18.2 Å². The van der Waals surface area contributed by atoms with Crippen LogP contribution in [0.5, 0.6) is 0 Å². The minimum atomic E-state index is -1.53. The lowest BCUT2D eigenvalue weighted by Crippen LogP contribution is -2.39. The Balaban J connectivity index is 2.32. The van der Waals surface area contributed by atoms with E-state index in [4.69, 9.17) is 28.9 Å². The lowest BCUT2D eigenvalue weighted by Gasteiger charge is -2.25. The van der Waals surface area contributed by atoms with Crippen LogP contribution in [0, 0.1) is 0 Å². The molecule has 5 heteroatoms. The van der Waals surface area contributed by atoms with Gasteiger partial charge in [0.1, 0.15) is 5.84 Å². The van der Waals surface area contributed by atoms with Gasteiger partial charge in [-0.15, -0.1) is 0 Å². The topological polar surface area (TPSA) is 58.6 Å². The Hall–Kier alpha value is -1.55. The van der Waals surface area contributed by atoms with E-state index in [9.17, 15) is 5.11 Å². The standard InChI is InChI=1S/C14H10Cl2N2O/c15-9-6-7-10-11(12(9)16)14(19,13(17)18-10)8-4-2-1-3-5-8/h1-7,19H,(H2,17,18). The van der Waals surface area contributed by atoms with E-state index < -0.39 is 5.60 Å². The Labute approximate surface area is 120 Å². The van der Waals surface area contributed by atoms with Gasteiger partial charge in [-0.2, -0.15) is 0 Å². The SMILES string of the molecule is NC1=Nc2ccc(Cl)c(Cl)c2C1(O)c1ccccc1. The molecule has 1 atom stereocenters. The van der Waals surface area contributed by atoms with Gasteiger partial charge in [0.15, 0.2) is 5.60 Å². The first-order valence-corrected chi connectivity index (χ1v) is 6.41. The van der Waals surface area contributed by atoms with Gasteiger partial charge in [-0.3, -0.25) is 0 Å². The molecule has 0 aliphatic carbocycles. The van der Waals surface area contributed by atoms with Crippen molar-refractivity contribution in [1.29, 1.82) is 0 Å². The zero-order valence-electron chi connectivity index (χ0n) is 9.77. The summed E-state index contributed by atoms with van der Waals surface area (Å²) in [6, 6.07) is 12.4. The van der Waals surface area contributed by atoms with Crippen molar-refractivity contribution in [3.8, 4) is 0 Å². The summed E-state index contributed by atoms with van der Waals surface area (Å²) in [7, 11) is 0. The number of fused-ring (bicyclic) bond motifs is 1. The summed E-state index contributed by atoms with van der Waals surface area (Å²) >= 11 is 12.2. The van der Waals surface area contributed by atoms with Gasteiger partial charge < -0.3 is 10.8 Å². The molecule has 2 aromatic rings. The molecule has 1 unspecified atom stereocenters. The van der Waals surface area contributed by atoms with Crippen LogP contribution in [0.15, 0.2) is 47.5 Å². The molecule has 3 nitrogen and oxygen atoms in total. The molecule has 0 bridgehead atoms. The van der Waals surface area contributed by atoms with Gasteiger partial charge in [-0.1, -0.05) is 53.5 Å². The molecular weight excluding hydrogens is 283 g/mol. The number of amidine groups is 1. The van der Waals surface area contributed by atoms with Gasteiger partial charge in [0.2, 0.25) is 0 Å². The summed E-state index contributed by atoms with van der Waals surface area (Å²) in [5.74, 6) is 0.0952. The van der Waals surface area contributed by atoms with E-state index in [-0.39, 0.29) is 10.9 Å². The minimum Gasteiger partial charge on any atom is -0.384 e. The van der Waals surface area contributed by atoms with E-state index >= 15 is 0 Å². The van der Waals surface area contributed by atoms with Gasteiger partial charge in [0, 0.05) is 5.56 Å². The van der Waals surface area contributed by atoms with Crippen LogP contribution in [0.1, 0.15) is 11.1 Å². The van der Waals surface area contributed by atoms with Crippen LogP contribution in [0.3, 0.4) is 0 Å². The summed E-state index contributed by atoms with van der Waals surface area (Å²) < 4.78 is 0. The maximum atomic E-state index is 11.0. The first-order chi connectivity index (χ1) is 9.05. The fourth-order valence-electron chi connectivity index (χ4n) is 2.29. The number of hydrogen-bond donors (Lipinski definition) is 2. The van der Waals surface area contributed by atoms with Crippen molar-refractivity contribution in [2.24, 2.45) is 10.7 Å². The Morgan fingerprint density at radius 2 is 1.74 bits per heavy atom. The highest BCUT2D eigenvalue weighted by Crippen LogP contribution is 2.47. The number of rotatable bonds is 1. The van der Waals surface area contributed by atoms with Gasteiger partial charge in [0.05, 0.1) is 15.7 Å². The molecule has 0 radical (unpaired) electrons. The molecule has 0 amide bonds. The summed E-state index contributed by atoms with van der Waals surface area (Å²) in [6.07, 6.45) is 0. The molecule has 0 fully saturated rings. The molecule has 19 heavy (non-hydrogen) atoms. The second kappa shape index (κ2) is 4.23. The predicted molar refractivity (Wildman–Crippen MR) is 77.2 cm³/mol. The molecule has 2 aromatic carbocycles. The second-order valence-electron chi connectivity index (χ2n) is 4.33. The molecule has 96 valence electrons. The van der Waals surface area contributed by atoms with Crippen LogP contribution >= 0.6 is 23.2 Å². The third-order valence-electron chi connectivity index (χ3n) is 3.24. The van der Waals surface area contributed by atoms with Gasteiger partial charge >= 0.3 is 0 Å². The Morgan fingerprint density at radius 3 is 2.42 bits per heavy atom. The maximum Gasteiger partial charge on any atom is 0.176 e. The minimum absolute atomic E-state index is 0.0952. The van der Waals surface area contributed by atoms with Crippen LogP contribution in [0.4, 0.5) is 5.69 Å². The molecule has 1 heterocycles. The second-order valence-corrected chi connectivity index (χ2v) is 5.11. The van der Waals surface area contributed by atoms with Crippen molar-refractivity contribution in [2.75, 3.05) is 0 Å². The number of hydrogen-bond acceptors (Lipinski definition) is 3. The van der Waals surface area contributed by atoms with Gasteiger partial charge in [-0.25, -0.2) is 4.99 Å². The lowest BCUT2D eigenvalue weighted by molar-refractivity contribution is 0.158. The fourth-order valence-corrected chi connectivity index (χ4v) is 2.74. The van der Waals surface area contributed by atoms with E-state index in [1.165, 1.54) is 0 Å². The van der Waals surface area contributed by atoms with Crippen molar-refractivity contribution in [3.05, 3.63) is 63.6 Å². The Bertz CT molecular complexity index is 685. The zero-order chi connectivity index (χ0) is 13.6. The number of halogens is 2. The smallest absolute Gasteiger partial charge is 0.176 e. The van der Waals surface area contributed by atoms with Crippen LogP contribution in [0.25, 0.3) is 0 Å². The molecule has 1 aliphatic rings. The Morgan fingerprint density at radius 1 is 1.05 bits per heavy atom. The molecule has 0 aromatic heterocycles. The van der Waals surface area contributed by atoms with Crippen LogP contribution in [-0.4, -0.2) is 10.9 Å². The molecule has 3 N–H and O–H groups in total. The summed E-state index contributed by atoms with van der Waals surface area (Å²) in [4.78, 5) is 4.18. The molecule has 1 aliphatic heterocycles. The normalized spacial score (nSPS) is 21.1. The highest BCUT2D eigenvalue weighted by molar-refractivity contribution is 6.43. The Kier molecular flexibility index (Phi) is 2.78. The van der Waals surface area contributed by atoms with Crippen LogP contribution in [-0.2, 0) is 5.60 Å². The van der Waals surface area contributed by atoms with E-state index in [1.54, 1.807) is 24.3 Å². The first kappa shape index (κ1) is 12.5. The average Bonchev–Trinajstić information content (AvgIpc) is 2.69. The van der Waals surface area contributed by atoms with Crippen LogP contribution < -0.4 is 5.73 Å². The van der Waals surface area contributed by atoms with E-state index in [0.29, 0.717) is 21.8 Å². The average molecular weight is 293 g/mol. The largest absolute Gasteiger partial charge is 0.384 e. The molecule has 3 rings (SSSR count). The number of aliphatic hydroxyl groups is 1. The highest BCUT2D eigenvalue weighted by Gasteiger charge is 2.44. The fraction of sp³-hybridized carbons (Fsp3) is 0.0714. The zero-order valence-corrected chi connectivity index (χ0v) is 11.3. The quantitative estimate of drug-likeness (QED) is 0.848.